The third-order valence-corrected chi connectivity index (χ3v) is 2.98. The minimum Gasteiger partial charge on any atom is -0.396 e. The zero-order valence-electron chi connectivity index (χ0n) is 8.49. The van der Waals surface area contributed by atoms with Crippen LogP contribution in [-0.2, 0) is 6.54 Å². The summed E-state index contributed by atoms with van der Waals surface area (Å²) in [5.74, 6) is 0.767. The molecule has 0 amide bonds. The van der Waals surface area contributed by atoms with Crippen LogP contribution in [0.4, 0.5) is 0 Å². The third-order valence-electron chi connectivity index (χ3n) is 1.89. The molecule has 0 bridgehead atoms. The number of benzene rings is 1. The summed E-state index contributed by atoms with van der Waals surface area (Å²) in [5.41, 5.74) is 1.31. The van der Waals surface area contributed by atoms with Gasteiger partial charge in [0, 0.05) is 17.2 Å². The monoisotopic (exact) mass is 211 g/mol. The van der Waals surface area contributed by atoms with Crippen LogP contribution in [0.5, 0.6) is 0 Å². The van der Waals surface area contributed by atoms with Crippen molar-refractivity contribution in [2.75, 3.05) is 18.9 Å². The van der Waals surface area contributed by atoms with E-state index in [1.165, 1.54) is 10.5 Å². The molecule has 1 aromatic rings. The van der Waals surface area contributed by atoms with Gasteiger partial charge in [0.1, 0.15) is 0 Å². The Kier molecular flexibility index (Phi) is 5.68. The summed E-state index contributed by atoms with van der Waals surface area (Å²) in [7, 11) is 0. The molecule has 0 aliphatic carbocycles. The fourth-order valence-corrected chi connectivity index (χ4v) is 2.02. The Morgan fingerprint density at radius 1 is 1.36 bits per heavy atom. The summed E-state index contributed by atoms with van der Waals surface area (Å²) in [5, 5.41) is 12.1. The highest BCUT2D eigenvalue weighted by atomic mass is 32.2. The minimum atomic E-state index is 0.236. The highest BCUT2D eigenvalue weighted by Crippen LogP contribution is 2.21. The quantitative estimate of drug-likeness (QED) is 0.705. The van der Waals surface area contributed by atoms with Gasteiger partial charge in [-0.25, -0.2) is 0 Å². The van der Waals surface area contributed by atoms with Gasteiger partial charge in [-0.2, -0.15) is 0 Å². The van der Waals surface area contributed by atoms with E-state index in [9.17, 15) is 0 Å². The van der Waals surface area contributed by atoms with Gasteiger partial charge in [-0.15, -0.1) is 11.8 Å². The van der Waals surface area contributed by atoms with Gasteiger partial charge < -0.3 is 10.4 Å². The maximum absolute atomic E-state index is 8.76. The van der Waals surface area contributed by atoms with Crippen molar-refractivity contribution in [1.29, 1.82) is 0 Å². The molecule has 0 saturated carbocycles. The lowest BCUT2D eigenvalue weighted by Gasteiger charge is -2.08. The van der Waals surface area contributed by atoms with Crippen molar-refractivity contribution in [3.63, 3.8) is 0 Å². The molecule has 0 aliphatic heterocycles. The first kappa shape index (κ1) is 11.6. The van der Waals surface area contributed by atoms with E-state index in [0.717, 1.165) is 18.8 Å². The van der Waals surface area contributed by atoms with Crippen LogP contribution in [0.1, 0.15) is 12.5 Å². The number of aliphatic hydroxyl groups excluding tert-OH is 1. The van der Waals surface area contributed by atoms with Crippen LogP contribution in [0.25, 0.3) is 0 Å². The van der Waals surface area contributed by atoms with Gasteiger partial charge in [-0.05, 0) is 18.2 Å². The molecule has 1 aromatic carbocycles. The van der Waals surface area contributed by atoms with Crippen molar-refractivity contribution in [3.05, 3.63) is 29.8 Å². The first-order valence-corrected chi connectivity index (χ1v) is 5.89. The van der Waals surface area contributed by atoms with E-state index < -0.39 is 0 Å². The van der Waals surface area contributed by atoms with Gasteiger partial charge in [-0.1, -0.05) is 25.1 Å². The van der Waals surface area contributed by atoms with Crippen LogP contribution in [0.15, 0.2) is 29.2 Å². The van der Waals surface area contributed by atoms with Crippen LogP contribution < -0.4 is 5.32 Å². The maximum Gasteiger partial charge on any atom is 0.0525 e. The SMILES string of the molecule is CCNCc1ccccc1SCCO. The van der Waals surface area contributed by atoms with E-state index in [-0.39, 0.29) is 6.61 Å². The summed E-state index contributed by atoms with van der Waals surface area (Å²) >= 11 is 1.71. The van der Waals surface area contributed by atoms with E-state index >= 15 is 0 Å². The largest absolute Gasteiger partial charge is 0.396 e. The smallest absolute Gasteiger partial charge is 0.0525 e. The normalized spacial score (nSPS) is 10.4. The highest BCUT2D eigenvalue weighted by molar-refractivity contribution is 7.99. The molecule has 1 rings (SSSR count). The van der Waals surface area contributed by atoms with Crippen molar-refractivity contribution in [1.82, 2.24) is 5.32 Å². The van der Waals surface area contributed by atoms with E-state index in [0.29, 0.717) is 0 Å². The lowest BCUT2D eigenvalue weighted by Crippen LogP contribution is -2.12. The summed E-state index contributed by atoms with van der Waals surface area (Å²) < 4.78 is 0. The zero-order chi connectivity index (χ0) is 10.2. The molecule has 0 aromatic heterocycles. The topological polar surface area (TPSA) is 32.3 Å². The maximum atomic E-state index is 8.76. The Labute approximate surface area is 89.7 Å². The molecule has 0 heterocycles. The lowest BCUT2D eigenvalue weighted by atomic mass is 10.2. The predicted molar refractivity (Wildman–Crippen MR) is 61.6 cm³/mol. The molecule has 0 spiro atoms. The molecule has 2 N–H and O–H groups in total. The molecule has 0 atom stereocenters. The Bertz CT molecular complexity index is 238. The molecule has 78 valence electrons. The van der Waals surface area contributed by atoms with Gasteiger partial charge in [0.05, 0.1) is 6.61 Å². The number of nitrogens with one attached hydrogen (secondary N) is 1. The van der Waals surface area contributed by atoms with Gasteiger partial charge in [0.15, 0.2) is 0 Å². The summed E-state index contributed by atoms with van der Waals surface area (Å²) in [4.78, 5) is 1.27. The first-order chi connectivity index (χ1) is 6.88. The van der Waals surface area contributed by atoms with E-state index in [2.05, 4.69) is 30.4 Å². The molecule has 0 aliphatic rings. The number of aliphatic hydroxyl groups is 1. The highest BCUT2D eigenvalue weighted by Gasteiger charge is 2.00. The molecule has 0 saturated heterocycles. The molecule has 0 radical (unpaired) electrons. The molecule has 0 unspecified atom stereocenters. The second kappa shape index (κ2) is 6.87. The van der Waals surface area contributed by atoms with Crippen molar-refractivity contribution >= 4 is 11.8 Å². The Hall–Kier alpha value is -0.510. The second-order valence-corrected chi connectivity index (χ2v) is 4.10. The Morgan fingerprint density at radius 2 is 2.14 bits per heavy atom. The molecule has 3 heteroatoms. The number of hydrogen-bond acceptors (Lipinski definition) is 3. The first-order valence-electron chi connectivity index (χ1n) is 4.90. The summed E-state index contributed by atoms with van der Waals surface area (Å²) in [6.45, 7) is 4.23. The molecule has 2 nitrogen and oxygen atoms in total. The zero-order valence-corrected chi connectivity index (χ0v) is 9.31. The van der Waals surface area contributed by atoms with Gasteiger partial charge in [0.25, 0.3) is 0 Å². The Morgan fingerprint density at radius 3 is 2.86 bits per heavy atom. The molecule has 0 fully saturated rings. The van der Waals surface area contributed by atoms with Crippen LogP contribution in [-0.4, -0.2) is 24.0 Å². The molecular weight excluding hydrogens is 194 g/mol. The molecular formula is C11H17NOS. The average molecular weight is 211 g/mol. The minimum absolute atomic E-state index is 0.236. The second-order valence-electron chi connectivity index (χ2n) is 2.96. The third kappa shape index (κ3) is 3.70. The van der Waals surface area contributed by atoms with Crippen molar-refractivity contribution < 1.29 is 5.11 Å². The number of rotatable bonds is 6. The van der Waals surface area contributed by atoms with Crippen LogP contribution in [0.3, 0.4) is 0 Å². The van der Waals surface area contributed by atoms with Gasteiger partial charge >= 0.3 is 0 Å². The summed E-state index contributed by atoms with van der Waals surface area (Å²) in [6.07, 6.45) is 0. The summed E-state index contributed by atoms with van der Waals surface area (Å²) in [6, 6.07) is 8.32. The number of hydrogen-bond donors (Lipinski definition) is 2. The van der Waals surface area contributed by atoms with E-state index in [4.69, 9.17) is 5.11 Å². The van der Waals surface area contributed by atoms with Crippen molar-refractivity contribution in [2.45, 2.75) is 18.4 Å². The van der Waals surface area contributed by atoms with Crippen LogP contribution in [0.2, 0.25) is 0 Å². The van der Waals surface area contributed by atoms with Crippen LogP contribution >= 0.6 is 11.8 Å². The van der Waals surface area contributed by atoms with Crippen molar-refractivity contribution in [2.24, 2.45) is 0 Å². The molecule has 14 heavy (non-hydrogen) atoms. The van der Waals surface area contributed by atoms with Crippen molar-refractivity contribution in [3.8, 4) is 0 Å². The lowest BCUT2D eigenvalue weighted by molar-refractivity contribution is 0.322. The average Bonchev–Trinajstić information content (AvgIpc) is 2.24. The fourth-order valence-electron chi connectivity index (χ4n) is 1.21. The van der Waals surface area contributed by atoms with E-state index in [1.54, 1.807) is 11.8 Å². The predicted octanol–water partition coefficient (Wildman–Crippen LogP) is 1.88. The van der Waals surface area contributed by atoms with Gasteiger partial charge in [-0.3, -0.25) is 0 Å². The number of thioether (sulfide) groups is 1. The van der Waals surface area contributed by atoms with Gasteiger partial charge in [0.2, 0.25) is 0 Å². The standard InChI is InChI=1S/C11H17NOS/c1-2-12-9-10-5-3-4-6-11(10)14-8-7-13/h3-6,12-13H,2,7-9H2,1H3. The Balaban J connectivity index is 2.60. The fraction of sp³-hybridized carbons (Fsp3) is 0.455. The van der Waals surface area contributed by atoms with E-state index in [1.807, 2.05) is 6.07 Å². The van der Waals surface area contributed by atoms with Crippen LogP contribution in [0, 0.1) is 0 Å².